The Morgan fingerprint density at radius 3 is 2.95 bits per heavy atom. The summed E-state index contributed by atoms with van der Waals surface area (Å²) in [6.07, 6.45) is 2.87. The molecule has 0 saturated carbocycles. The Bertz CT molecular complexity index is 497. The fourth-order valence-corrected chi connectivity index (χ4v) is 3.06. The Hall–Kier alpha value is -0.870. The van der Waals surface area contributed by atoms with E-state index >= 15 is 0 Å². The van der Waals surface area contributed by atoms with Crippen LogP contribution in [0.15, 0.2) is 16.6 Å². The number of Topliss-reactive ketones (excluding diaryl/α,β-unsaturated/α-hetero) is 1. The Morgan fingerprint density at radius 1 is 1.53 bits per heavy atom. The van der Waals surface area contributed by atoms with Crippen molar-refractivity contribution in [3.63, 3.8) is 0 Å². The highest BCUT2D eigenvalue weighted by molar-refractivity contribution is 9.10. The van der Waals surface area contributed by atoms with Gasteiger partial charge in [0.2, 0.25) is 0 Å². The molecule has 1 atom stereocenters. The Balaban J connectivity index is 2.22. The van der Waals surface area contributed by atoms with Crippen LogP contribution in [0.1, 0.15) is 37.8 Å². The molecule has 3 nitrogen and oxygen atoms in total. The number of halogens is 1. The van der Waals surface area contributed by atoms with E-state index in [9.17, 15) is 4.79 Å². The highest BCUT2D eigenvalue weighted by Gasteiger charge is 2.29. The van der Waals surface area contributed by atoms with Crippen LogP contribution in [0.2, 0.25) is 0 Å². The first kappa shape index (κ1) is 14.5. The van der Waals surface area contributed by atoms with Crippen LogP contribution in [0.3, 0.4) is 0 Å². The van der Waals surface area contributed by atoms with Crippen LogP contribution in [0.25, 0.3) is 0 Å². The maximum absolute atomic E-state index is 12.3. The van der Waals surface area contributed by atoms with Crippen molar-refractivity contribution in [1.82, 2.24) is 0 Å². The van der Waals surface area contributed by atoms with Crippen LogP contribution >= 0.6 is 15.9 Å². The first-order chi connectivity index (χ1) is 8.94. The summed E-state index contributed by atoms with van der Waals surface area (Å²) < 4.78 is 6.64. The molecular weight excluding hydrogens is 306 g/mol. The minimum absolute atomic E-state index is 0.0742. The molecule has 1 aliphatic heterocycles. The molecule has 0 amide bonds. The summed E-state index contributed by atoms with van der Waals surface area (Å²) in [5.41, 5.74) is 7.47. The maximum Gasteiger partial charge on any atom is 0.156 e. The first-order valence-electron chi connectivity index (χ1n) is 6.70. The van der Waals surface area contributed by atoms with Crippen molar-refractivity contribution in [1.29, 1.82) is 0 Å². The van der Waals surface area contributed by atoms with Crippen LogP contribution in [0.5, 0.6) is 5.75 Å². The minimum Gasteiger partial charge on any atom is -0.493 e. The summed E-state index contributed by atoms with van der Waals surface area (Å²) >= 11 is 3.49. The number of nitrogens with two attached hydrogens (primary N) is 1. The quantitative estimate of drug-likeness (QED) is 0.905. The van der Waals surface area contributed by atoms with Crippen LogP contribution in [0.4, 0.5) is 0 Å². The summed E-state index contributed by atoms with van der Waals surface area (Å²) in [4.78, 5) is 12.3. The van der Waals surface area contributed by atoms with Crippen LogP contribution in [-0.2, 0) is 17.6 Å². The molecule has 0 saturated heterocycles. The van der Waals surface area contributed by atoms with E-state index in [-0.39, 0.29) is 5.78 Å². The molecule has 1 aromatic rings. The first-order valence-corrected chi connectivity index (χ1v) is 7.49. The zero-order chi connectivity index (χ0) is 14.0. The zero-order valence-corrected chi connectivity index (χ0v) is 13.0. The van der Waals surface area contributed by atoms with Crippen molar-refractivity contribution < 1.29 is 9.53 Å². The van der Waals surface area contributed by atoms with Gasteiger partial charge in [0, 0.05) is 22.9 Å². The van der Waals surface area contributed by atoms with Gasteiger partial charge in [-0.2, -0.15) is 0 Å². The third kappa shape index (κ3) is 3.18. The topological polar surface area (TPSA) is 52.3 Å². The van der Waals surface area contributed by atoms with Gasteiger partial charge < -0.3 is 10.5 Å². The van der Waals surface area contributed by atoms with E-state index in [1.165, 1.54) is 5.56 Å². The van der Waals surface area contributed by atoms with E-state index in [1.807, 2.05) is 19.9 Å². The Kier molecular flexibility index (Phi) is 4.31. The molecule has 0 fully saturated rings. The number of fused-ring (bicyclic) bond motifs is 1. The second kappa shape index (κ2) is 5.63. The van der Waals surface area contributed by atoms with E-state index in [0.717, 1.165) is 28.6 Å². The lowest BCUT2D eigenvalue weighted by Gasteiger charge is -2.22. The van der Waals surface area contributed by atoms with Crippen molar-refractivity contribution in [3.8, 4) is 5.75 Å². The summed E-state index contributed by atoms with van der Waals surface area (Å²) in [7, 11) is 0. The third-order valence-corrected chi connectivity index (χ3v) is 4.04. The van der Waals surface area contributed by atoms with Crippen LogP contribution in [0, 0.1) is 0 Å². The second-order valence-electron chi connectivity index (χ2n) is 5.42. The molecule has 0 bridgehead atoms. The van der Waals surface area contributed by atoms with Gasteiger partial charge in [-0.15, -0.1) is 0 Å². The lowest BCUT2D eigenvalue weighted by molar-refractivity contribution is -0.123. The van der Waals surface area contributed by atoms with Gasteiger partial charge >= 0.3 is 0 Å². The molecule has 1 heterocycles. The number of benzene rings is 1. The Labute approximate surface area is 122 Å². The van der Waals surface area contributed by atoms with Gasteiger partial charge in [0.1, 0.15) is 5.75 Å². The summed E-state index contributed by atoms with van der Waals surface area (Å²) in [5, 5.41) is 0. The number of rotatable bonds is 5. The van der Waals surface area contributed by atoms with Crippen LogP contribution < -0.4 is 10.5 Å². The molecule has 4 heteroatoms. The number of carbonyl (C=O) groups excluding carboxylic acids is 1. The molecular formula is C15H20BrNO2. The molecule has 0 radical (unpaired) electrons. The van der Waals surface area contributed by atoms with Gasteiger partial charge in [0.25, 0.3) is 0 Å². The van der Waals surface area contributed by atoms with Gasteiger partial charge in [-0.25, -0.2) is 0 Å². The molecule has 2 rings (SSSR count). The van der Waals surface area contributed by atoms with Crippen molar-refractivity contribution in [2.75, 3.05) is 6.61 Å². The van der Waals surface area contributed by atoms with E-state index in [4.69, 9.17) is 10.5 Å². The molecule has 1 aliphatic rings. The highest BCUT2D eigenvalue weighted by atomic mass is 79.9. The smallest absolute Gasteiger partial charge is 0.156 e. The Morgan fingerprint density at radius 2 is 2.26 bits per heavy atom. The summed E-state index contributed by atoms with van der Waals surface area (Å²) in [5.74, 6) is 0.953. The predicted octanol–water partition coefficient (Wildman–Crippen LogP) is 3.01. The van der Waals surface area contributed by atoms with Gasteiger partial charge in [-0.3, -0.25) is 4.79 Å². The zero-order valence-electron chi connectivity index (χ0n) is 11.5. The normalized spacial score (nSPS) is 16.6. The molecule has 2 N–H and O–H groups in total. The molecule has 19 heavy (non-hydrogen) atoms. The molecule has 0 aliphatic carbocycles. The van der Waals surface area contributed by atoms with Gasteiger partial charge in [-0.1, -0.05) is 29.3 Å². The lowest BCUT2D eigenvalue weighted by atomic mass is 9.88. The maximum atomic E-state index is 12.3. The summed E-state index contributed by atoms with van der Waals surface area (Å²) in [6.45, 7) is 4.55. The number of carbonyl (C=O) groups is 1. The molecule has 104 valence electrons. The van der Waals surface area contributed by atoms with E-state index in [1.54, 1.807) is 0 Å². The molecule has 0 aromatic heterocycles. The van der Waals surface area contributed by atoms with Crippen molar-refractivity contribution in [2.24, 2.45) is 5.73 Å². The largest absolute Gasteiger partial charge is 0.493 e. The van der Waals surface area contributed by atoms with Gasteiger partial charge in [0.15, 0.2) is 5.78 Å². The standard InChI is InChI=1S/C15H20BrNO2/c1-3-5-15(2,17)13(18)9-11-8-12(16)7-10-4-6-19-14(10)11/h7-8H,3-6,9,17H2,1-2H3. The third-order valence-electron chi connectivity index (χ3n) is 3.58. The fourth-order valence-electron chi connectivity index (χ4n) is 2.51. The lowest BCUT2D eigenvalue weighted by Crippen LogP contribution is -2.45. The van der Waals surface area contributed by atoms with Gasteiger partial charge in [0.05, 0.1) is 12.1 Å². The van der Waals surface area contributed by atoms with Crippen molar-refractivity contribution >= 4 is 21.7 Å². The fraction of sp³-hybridized carbons (Fsp3) is 0.533. The predicted molar refractivity (Wildman–Crippen MR) is 79.6 cm³/mol. The monoisotopic (exact) mass is 325 g/mol. The van der Waals surface area contributed by atoms with E-state index in [2.05, 4.69) is 22.0 Å². The van der Waals surface area contributed by atoms with Crippen molar-refractivity contribution in [2.45, 2.75) is 45.1 Å². The number of ketones is 1. The average molecular weight is 326 g/mol. The van der Waals surface area contributed by atoms with Crippen LogP contribution in [-0.4, -0.2) is 17.9 Å². The summed E-state index contributed by atoms with van der Waals surface area (Å²) in [6, 6.07) is 4.02. The number of hydrogen-bond acceptors (Lipinski definition) is 3. The average Bonchev–Trinajstić information content (AvgIpc) is 2.76. The van der Waals surface area contributed by atoms with E-state index < -0.39 is 5.54 Å². The molecule has 1 aromatic carbocycles. The van der Waals surface area contributed by atoms with E-state index in [0.29, 0.717) is 19.4 Å². The second-order valence-corrected chi connectivity index (χ2v) is 6.33. The SMILES string of the molecule is CCCC(C)(N)C(=O)Cc1cc(Br)cc2c1OCC2. The highest BCUT2D eigenvalue weighted by Crippen LogP contribution is 2.34. The van der Waals surface area contributed by atoms with Crippen molar-refractivity contribution in [3.05, 3.63) is 27.7 Å². The number of ether oxygens (including phenoxy) is 1. The van der Waals surface area contributed by atoms with Gasteiger partial charge in [-0.05, 0) is 31.0 Å². The molecule has 1 unspecified atom stereocenters. The number of hydrogen-bond donors (Lipinski definition) is 1. The molecule has 0 spiro atoms. The minimum atomic E-state index is -0.747.